The first kappa shape index (κ1) is 16.2. The molecule has 0 aromatic heterocycles. The van der Waals surface area contributed by atoms with Gasteiger partial charge in [0.25, 0.3) is 0 Å². The van der Waals surface area contributed by atoms with Crippen molar-refractivity contribution in [2.45, 2.75) is 39.5 Å². The molecule has 0 bridgehead atoms. The largest absolute Gasteiger partial charge is 0.314 e. The van der Waals surface area contributed by atoms with Gasteiger partial charge in [-0.3, -0.25) is 5.01 Å². The second-order valence-electron chi connectivity index (χ2n) is 5.52. The van der Waals surface area contributed by atoms with Gasteiger partial charge in [-0.15, -0.1) is 0 Å². The zero-order valence-corrected chi connectivity index (χ0v) is 12.7. The molecular formula is C15H30N4. The van der Waals surface area contributed by atoms with Crippen molar-refractivity contribution in [3.05, 3.63) is 11.8 Å². The highest BCUT2D eigenvalue weighted by Crippen LogP contribution is 2.05. The Morgan fingerprint density at radius 1 is 1.21 bits per heavy atom. The Kier molecular flexibility index (Phi) is 8.50. The van der Waals surface area contributed by atoms with Crippen molar-refractivity contribution in [3.63, 3.8) is 0 Å². The molecule has 0 aliphatic carbocycles. The van der Waals surface area contributed by atoms with Gasteiger partial charge in [0.2, 0.25) is 0 Å². The average molecular weight is 266 g/mol. The fourth-order valence-corrected chi connectivity index (χ4v) is 2.37. The molecule has 0 unspecified atom stereocenters. The normalized spacial score (nSPS) is 16.1. The van der Waals surface area contributed by atoms with E-state index in [4.69, 9.17) is 0 Å². The standard InChI is InChI=1S/C15H30N4/c1-15(2)14-19(16-3)11-7-5-4-6-10-18-12-8-17-9-13-18/h14,17H,3-13H2,1-2H3. The first-order valence-electron chi connectivity index (χ1n) is 7.54. The van der Waals surface area contributed by atoms with E-state index in [2.05, 4.69) is 42.1 Å². The molecule has 0 spiro atoms. The highest BCUT2D eigenvalue weighted by atomic mass is 15.4. The number of hydrogen-bond donors (Lipinski definition) is 1. The van der Waals surface area contributed by atoms with Gasteiger partial charge < -0.3 is 10.2 Å². The molecule has 1 N–H and O–H groups in total. The molecule has 0 aromatic rings. The Bertz CT molecular complexity index is 265. The van der Waals surface area contributed by atoms with E-state index in [1.165, 1.54) is 50.9 Å². The molecule has 0 atom stereocenters. The van der Waals surface area contributed by atoms with Gasteiger partial charge in [-0.1, -0.05) is 18.4 Å². The zero-order valence-electron chi connectivity index (χ0n) is 12.7. The average Bonchev–Trinajstić information content (AvgIpc) is 2.42. The predicted octanol–water partition coefficient (Wildman–Crippen LogP) is 2.29. The fourth-order valence-electron chi connectivity index (χ4n) is 2.37. The molecule has 1 aliphatic heterocycles. The molecule has 1 aliphatic rings. The van der Waals surface area contributed by atoms with E-state index in [0.29, 0.717) is 0 Å². The Hall–Kier alpha value is -0.870. The molecule has 1 fully saturated rings. The van der Waals surface area contributed by atoms with E-state index in [0.717, 1.165) is 19.6 Å². The van der Waals surface area contributed by atoms with Crippen molar-refractivity contribution in [2.24, 2.45) is 5.10 Å². The van der Waals surface area contributed by atoms with E-state index >= 15 is 0 Å². The molecule has 1 saturated heterocycles. The Balaban J connectivity index is 1.98. The molecule has 0 radical (unpaired) electrons. The summed E-state index contributed by atoms with van der Waals surface area (Å²) in [4.78, 5) is 2.57. The monoisotopic (exact) mass is 266 g/mol. The second-order valence-corrected chi connectivity index (χ2v) is 5.52. The summed E-state index contributed by atoms with van der Waals surface area (Å²) in [6.07, 6.45) is 7.20. The maximum atomic E-state index is 4.01. The van der Waals surface area contributed by atoms with Gasteiger partial charge in [-0.2, -0.15) is 5.10 Å². The van der Waals surface area contributed by atoms with Crippen LogP contribution in [0.25, 0.3) is 0 Å². The zero-order chi connectivity index (χ0) is 13.9. The number of hydrogen-bond acceptors (Lipinski definition) is 4. The molecule has 1 rings (SSSR count). The second kappa shape index (κ2) is 9.98. The SMILES string of the molecule is C=NN(C=C(C)C)CCCCCCN1CCNCC1. The number of unbranched alkanes of at least 4 members (excludes halogenated alkanes) is 3. The van der Waals surface area contributed by atoms with Gasteiger partial charge in [0.1, 0.15) is 0 Å². The maximum Gasteiger partial charge on any atom is 0.0408 e. The summed E-state index contributed by atoms with van der Waals surface area (Å²) in [7, 11) is 0. The van der Waals surface area contributed by atoms with Crippen LogP contribution < -0.4 is 5.32 Å². The molecule has 0 saturated carbocycles. The third kappa shape index (κ3) is 8.01. The van der Waals surface area contributed by atoms with Crippen LogP contribution in [-0.4, -0.2) is 55.9 Å². The summed E-state index contributed by atoms with van der Waals surface area (Å²) in [5.74, 6) is 0. The van der Waals surface area contributed by atoms with E-state index in [-0.39, 0.29) is 0 Å². The Labute approximate surface area is 118 Å². The Morgan fingerprint density at radius 2 is 1.89 bits per heavy atom. The number of allylic oxidation sites excluding steroid dienone is 1. The topological polar surface area (TPSA) is 30.9 Å². The highest BCUT2D eigenvalue weighted by molar-refractivity contribution is 5.22. The van der Waals surface area contributed by atoms with E-state index < -0.39 is 0 Å². The predicted molar refractivity (Wildman–Crippen MR) is 83.5 cm³/mol. The molecule has 4 nitrogen and oxygen atoms in total. The number of nitrogens with one attached hydrogen (secondary N) is 1. The van der Waals surface area contributed by atoms with Crippen molar-refractivity contribution in [3.8, 4) is 0 Å². The van der Waals surface area contributed by atoms with Crippen molar-refractivity contribution < 1.29 is 0 Å². The fraction of sp³-hybridized carbons (Fsp3) is 0.800. The summed E-state index contributed by atoms with van der Waals surface area (Å²) < 4.78 is 0. The van der Waals surface area contributed by atoms with E-state index in [9.17, 15) is 0 Å². The molecule has 1 heterocycles. The van der Waals surface area contributed by atoms with Gasteiger partial charge in [0, 0.05) is 45.6 Å². The highest BCUT2D eigenvalue weighted by Gasteiger charge is 2.07. The molecule has 0 amide bonds. The van der Waals surface area contributed by atoms with E-state index in [1.54, 1.807) is 0 Å². The van der Waals surface area contributed by atoms with Crippen LogP contribution in [0.4, 0.5) is 0 Å². The van der Waals surface area contributed by atoms with Gasteiger partial charge in [-0.05, 0) is 33.2 Å². The van der Waals surface area contributed by atoms with Crippen LogP contribution in [0.15, 0.2) is 16.9 Å². The number of hydrazone groups is 1. The summed E-state index contributed by atoms with van der Waals surface area (Å²) in [5, 5.41) is 9.35. The van der Waals surface area contributed by atoms with Crippen LogP contribution in [0.2, 0.25) is 0 Å². The summed E-state index contributed by atoms with van der Waals surface area (Å²) in [5.41, 5.74) is 1.27. The van der Waals surface area contributed by atoms with Crippen LogP contribution >= 0.6 is 0 Å². The van der Waals surface area contributed by atoms with Crippen LogP contribution in [0, 0.1) is 0 Å². The third-order valence-corrected chi connectivity index (χ3v) is 3.41. The van der Waals surface area contributed by atoms with Crippen LogP contribution in [0.1, 0.15) is 39.5 Å². The Morgan fingerprint density at radius 3 is 2.53 bits per heavy atom. The molecule has 19 heavy (non-hydrogen) atoms. The van der Waals surface area contributed by atoms with Crippen molar-refractivity contribution in [1.82, 2.24) is 15.2 Å². The third-order valence-electron chi connectivity index (χ3n) is 3.41. The number of nitrogens with zero attached hydrogens (tertiary/aromatic N) is 3. The van der Waals surface area contributed by atoms with Crippen LogP contribution in [-0.2, 0) is 0 Å². The molecular weight excluding hydrogens is 236 g/mol. The first-order valence-corrected chi connectivity index (χ1v) is 7.54. The minimum absolute atomic E-state index is 0.988. The van der Waals surface area contributed by atoms with Crippen molar-refractivity contribution in [2.75, 3.05) is 39.3 Å². The van der Waals surface area contributed by atoms with Gasteiger partial charge in [0.15, 0.2) is 0 Å². The summed E-state index contributed by atoms with van der Waals surface area (Å²) in [6, 6.07) is 0. The molecule has 110 valence electrons. The van der Waals surface area contributed by atoms with Crippen molar-refractivity contribution in [1.29, 1.82) is 0 Å². The summed E-state index contributed by atoms with van der Waals surface area (Å²) in [6.45, 7) is 14.8. The van der Waals surface area contributed by atoms with Gasteiger partial charge in [-0.25, -0.2) is 0 Å². The maximum absolute atomic E-state index is 4.01. The lowest BCUT2D eigenvalue weighted by molar-refractivity contribution is 0.235. The van der Waals surface area contributed by atoms with Crippen LogP contribution in [0.5, 0.6) is 0 Å². The van der Waals surface area contributed by atoms with Gasteiger partial charge >= 0.3 is 0 Å². The minimum atomic E-state index is 0.988. The lowest BCUT2D eigenvalue weighted by Crippen LogP contribution is -2.43. The lowest BCUT2D eigenvalue weighted by Gasteiger charge is -2.27. The van der Waals surface area contributed by atoms with Crippen molar-refractivity contribution >= 4 is 6.72 Å². The quantitative estimate of drug-likeness (QED) is 0.395. The van der Waals surface area contributed by atoms with Crippen LogP contribution in [0.3, 0.4) is 0 Å². The lowest BCUT2D eigenvalue weighted by atomic mass is 10.2. The molecule has 0 aromatic carbocycles. The smallest absolute Gasteiger partial charge is 0.0408 e. The number of piperazine rings is 1. The number of rotatable bonds is 9. The van der Waals surface area contributed by atoms with Gasteiger partial charge in [0.05, 0.1) is 0 Å². The molecule has 4 heteroatoms. The summed E-state index contributed by atoms with van der Waals surface area (Å²) >= 11 is 0. The van der Waals surface area contributed by atoms with E-state index in [1.807, 2.05) is 5.01 Å². The minimum Gasteiger partial charge on any atom is -0.314 e. The first-order chi connectivity index (χ1) is 9.22.